The van der Waals surface area contributed by atoms with Gasteiger partial charge in [-0.25, -0.2) is 0 Å². The van der Waals surface area contributed by atoms with Crippen LogP contribution in [-0.2, 0) is 4.79 Å². The van der Waals surface area contributed by atoms with Gasteiger partial charge < -0.3 is 16.8 Å². The number of carbonyl (C=O) groups excluding carboxylic acids is 1. The highest BCUT2D eigenvalue weighted by Gasteiger charge is 2.36. The van der Waals surface area contributed by atoms with E-state index in [0.717, 1.165) is 12.8 Å². The average Bonchev–Trinajstić information content (AvgIpc) is 2.07. The van der Waals surface area contributed by atoms with Gasteiger partial charge in [-0.2, -0.15) is 0 Å². The molecule has 0 bridgehead atoms. The van der Waals surface area contributed by atoms with Gasteiger partial charge in [0.25, 0.3) is 0 Å². The minimum atomic E-state index is -0.399. The minimum Gasteiger partial charge on any atom is -0.354 e. The predicted octanol–water partition coefficient (Wildman–Crippen LogP) is 1.63. The molecule has 0 aromatic rings. The first-order valence-electron chi connectivity index (χ1n) is 6.67. The first kappa shape index (κ1) is 17.4. The Kier molecular flexibility index (Phi) is 5.82. The zero-order chi connectivity index (χ0) is 14.6. The molecule has 4 heteroatoms. The first-order chi connectivity index (χ1) is 7.90. The molecule has 0 saturated heterocycles. The van der Waals surface area contributed by atoms with Crippen LogP contribution < -0.4 is 16.8 Å². The Morgan fingerprint density at radius 1 is 1.06 bits per heavy atom. The standard InChI is InChI=1S/C14H31N3O/c1-12(2,10-14(5,6)16)9-13(3,4)11(18)17-8-7-15/h7-10,15-16H2,1-6H3,(H,17,18). The normalized spacial score (nSPS) is 13.6. The van der Waals surface area contributed by atoms with Crippen LogP contribution in [0, 0.1) is 10.8 Å². The van der Waals surface area contributed by atoms with Gasteiger partial charge >= 0.3 is 0 Å². The molecule has 1 amide bonds. The number of hydrogen-bond acceptors (Lipinski definition) is 3. The average molecular weight is 257 g/mol. The number of carbonyl (C=O) groups is 1. The van der Waals surface area contributed by atoms with Crippen molar-refractivity contribution in [3.05, 3.63) is 0 Å². The van der Waals surface area contributed by atoms with Crippen molar-refractivity contribution in [2.24, 2.45) is 22.3 Å². The van der Waals surface area contributed by atoms with Gasteiger partial charge in [0.15, 0.2) is 0 Å². The van der Waals surface area contributed by atoms with Crippen molar-refractivity contribution < 1.29 is 4.79 Å². The minimum absolute atomic E-state index is 0.0296. The summed E-state index contributed by atoms with van der Waals surface area (Å²) in [5.74, 6) is 0.0656. The second-order valence-corrected chi connectivity index (χ2v) is 7.43. The maximum absolute atomic E-state index is 12.1. The van der Waals surface area contributed by atoms with Gasteiger partial charge in [-0.15, -0.1) is 0 Å². The molecule has 4 nitrogen and oxygen atoms in total. The van der Waals surface area contributed by atoms with Crippen LogP contribution in [0.25, 0.3) is 0 Å². The van der Waals surface area contributed by atoms with E-state index in [2.05, 4.69) is 19.2 Å². The Bertz CT molecular complexity index is 277. The summed E-state index contributed by atoms with van der Waals surface area (Å²) in [6.07, 6.45) is 1.69. The van der Waals surface area contributed by atoms with Crippen LogP contribution in [0.3, 0.4) is 0 Å². The molecule has 0 saturated carbocycles. The molecule has 0 unspecified atom stereocenters. The number of nitrogens with two attached hydrogens (primary N) is 2. The van der Waals surface area contributed by atoms with E-state index in [9.17, 15) is 4.79 Å². The molecule has 0 aromatic heterocycles. The number of amides is 1. The van der Waals surface area contributed by atoms with Crippen LogP contribution in [0.5, 0.6) is 0 Å². The lowest BCUT2D eigenvalue weighted by molar-refractivity contribution is -0.131. The topological polar surface area (TPSA) is 81.1 Å². The molecule has 0 heterocycles. The number of hydrogen-bond donors (Lipinski definition) is 3. The van der Waals surface area contributed by atoms with Gasteiger partial charge in [0.05, 0.1) is 0 Å². The fourth-order valence-electron chi connectivity index (χ4n) is 3.00. The largest absolute Gasteiger partial charge is 0.354 e. The van der Waals surface area contributed by atoms with Gasteiger partial charge in [-0.3, -0.25) is 4.79 Å². The van der Waals surface area contributed by atoms with E-state index >= 15 is 0 Å². The smallest absolute Gasteiger partial charge is 0.225 e. The number of rotatable bonds is 7. The molecule has 0 aliphatic heterocycles. The van der Waals surface area contributed by atoms with Crippen molar-refractivity contribution in [1.82, 2.24) is 5.32 Å². The third kappa shape index (κ3) is 6.97. The van der Waals surface area contributed by atoms with Crippen LogP contribution in [0.4, 0.5) is 0 Å². The van der Waals surface area contributed by atoms with Gasteiger partial charge in [0.1, 0.15) is 0 Å². The molecule has 0 aliphatic rings. The summed E-state index contributed by atoms with van der Waals surface area (Å²) in [6.45, 7) is 13.3. The van der Waals surface area contributed by atoms with Crippen molar-refractivity contribution in [2.75, 3.05) is 13.1 Å². The monoisotopic (exact) mass is 257 g/mol. The fourth-order valence-corrected chi connectivity index (χ4v) is 3.00. The van der Waals surface area contributed by atoms with Gasteiger partial charge in [0.2, 0.25) is 5.91 Å². The van der Waals surface area contributed by atoms with E-state index in [4.69, 9.17) is 11.5 Å². The van der Waals surface area contributed by atoms with Gasteiger partial charge in [-0.1, -0.05) is 27.7 Å². The van der Waals surface area contributed by atoms with E-state index in [-0.39, 0.29) is 16.9 Å². The Morgan fingerprint density at radius 3 is 1.94 bits per heavy atom. The molecule has 108 valence electrons. The van der Waals surface area contributed by atoms with Crippen LogP contribution >= 0.6 is 0 Å². The molecule has 18 heavy (non-hydrogen) atoms. The van der Waals surface area contributed by atoms with E-state index in [1.165, 1.54) is 0 Å². The van der Waals surface area contributed by atoms with Gasteiger partial charge in [-0.05, 0) is 32.1 Å². The highest BCUT2D eigenvalue weighted by atomic mass is 16.2. The van der Waals surface area contributed by atoms with Gasteiger partial charge in [0, 0.05) is 24.0 Å². The lowest BCUT2D eigenvalue weighted by Crippen LogP contribution is -2.44. The Hall–Kier alpha value is -0.610. The molecule has 0 radical (unpaired) electrons. The summed E-state index contributed by atoms with van der Waals surface area (Å²) in [6, 6.07) is 0. The molecule has 0 atom stereocenters. The van der Waals surface area contributed by atoms with Crippen molar-refractivity contribution in [2.45, 2.75) is 59.9 Å². The summed E-state index contributed by atoms with van der Waals surface area (Å²) in [5.41, 5.74) is 10.9. The molecular weight excluding hydrogens is 226 g/mol. The quantitative estimate of drug-likeness (QED) is 0.648. The summed E-state index contributed by atoms with van der Waals surface area (Å²) < 4.78 is 0. The van der Waals surface area contributed by atoms with Crippen LogP contribution in [0.1, 0.15) is 54.4 Å². The third-order valence-corrected chi connectivity index (χ3v) is 2.90. The highest BCUT2D eigenvalue weighted by molar-refractivity contribution is 5.81. The van der Waals surface area contributed by atoms with Crippen LogP contribution in [0.15, 0.2) is 0 Å². The maximum atomic E-state index is 12.1. The zero-order valence-electron chi connectivity index (χ0n) is 12.9. The van der Waals surface area contributed by atoms with E-state index in [1.54, 1.807) is 0 Å². The van der Waals surface area contributed by atoms with Crippen molar-refractivity contribution in [3.63, 3.8) is 0 Å². The SMILES string of the molecule is CC(C)(N)CC(C)(C)CC(C)(C)C(=O)NCCN. The fraction of sp³-hybridized carbons (Fsp3) is 0.929. The Balaban J connectivity index is 4.59. The molecule has 5 N–H and O–H groups in total. The van der Waals surface area contributed by atoms with Crippen molar-refractivity contribution in [3.8, 4) is 0 Å². The third-order valence-electron chi connectivity index (χ3n) is 2.90. The van der Waals surface area contributed by atoms with Crippen LogP contribution in [0.2, 0.25) is 0 Å². The molecular formula is C14H31N3O. The highest BCUT2D eigenvalue weighted by Crippen LogP contribution is 2.38. The number of nitrogens with one attached hydrogen (secondary N) is 1. The van der Waals surface area contributed by atoms with Crippen molar-refractivity contribution >= 4 is 5.91 Å². The van der Waals surface area contributed by atoms with E-state index in [0.29, 0.717) is 13.1 Å². The summed E-state index contributed by atoms with van der Waals surface area (Å²) in [5, 5.41) is 2.86. The Morgan fingerprint density at radius 2 is 1.56 bits per heavy atom. The Labute approximate surface area is 112 Å². The second kappa shape index (κ2) is 6.02. The summed E-state index contributed by atoms with van der Waals surface area (Å²) in [7, 11) is 0. The summed E-state index contributed by atoms with van der Waals surface area (Å²) in [4.78, 5) is 12.1. The molecule has 0 spiro atoms. The predicted molar refractivity (Wildman–Crippen MR) is 77.1 cm³/mol. The van der Waals surface area contributed by atoms with E-state index < -0.39 is 5.41 Å². The molecule has 0 aromatic carbocycles. The molecule has 0 rings (SSSR count). The molecule has 0 aliphatic carbocycles. The van der Waals surface area contributed by atoms with Crippen LogP contribution in [-0.4, -0.2) is 24.5 Å². The summed E-state index contributed by atoms with van der Waals surface area (Å²) >= 11 is 0. The second-order valence-electron chi connectivity index (χ2n) is 7.43. The lowest BCUT2D eigenvalue weighted by Gasteiger charge is -2.38. The maximum Gasteiger partial charge on any atom is 0.225 e. The first-order valence-corrected chi connectivity index (χ1v) is 6.67. The zero-order valence-corrected chi connectivity index (χ0v) is 12.9. The van der Waals surface area contributed by atoms with Crippen molar-refractivity contribution in [1.29, 1.82) is 0 Å². The lowest BCUT2D eigenvalue weighted by atomic mass is 9.69. The molecule has 0 fully saturated rings. The van der Waals surface area contributed by atoms with E-state index in [1.807, 2.05) is 27.7 Å².